The van der Waals surface area contributed by atoms with Crippen LogP contribution >= 0.6 is 0 Å². The highest BCUT2D eigenvalue weighted by atomic mass is 16.4. The normalized spacial score (nSPS) is 14.9. The van der Waals surface area contributed by atoms with Crippen LogP contribution in [0.5, 0.6) is 0 Å². The van der Waals surface area contributed by atoms with E-state index in [9.17, 15) is 9.59 Å². The van der Waals surface area contributed by atoms with Gasteiger partial charge in [-0.05, 0) is 25.7 Å². The summed E-state index contributed by atoms with van der Waals surface area (Å²) < 4.78 is 0. The molecule has 0 aromatic rings. The Hall–Kier alpha value is -1.32. The Bertz CT molecular complexity index is 257. The summed E-state index contributed by atoms with van der Waals surface area (Å²) in [6, 6.07) is 0. The van der Waals surface area contributed by atoms with Crippen molar-refractivity contribution in [1.29, 1.82) is 0 Å². The Morgan fingerprint density at radius 2 is 2.19 bits per heavy atom. The van der Waals surface area contributed by atoms with E-state index in [0.29, 0.717) is 19.6 Å². The summed E-state index contributed by atoms with van der Waals surface area (Å²) in [5.74, 6) is 1.65. The average Bonchev–Trinajstić information content (AvgIpc) is 2.31. The summed E-state index contributed by atoms with van der Waals surface area (Å²) in [4.78, 5) is 21.7. The van der Waals surface area contributed by atoms with Crippen LogP contribution in [0.1, 0.15) is 39.0 Å². The maximum atomic E-state index is 10.4. The highest BCUT2D eigenvalue weighted by Crippen LogP contribution is 2.17. The zero-order chi connectivity index (χ0) is 12.4. The molecule has 0 saturated carbocycles. The van der Waals surface area contributed by atoms with Gasteiger partial charge in [-0.3, -0.25) is 4.90 Å². The molecule has 0 bridgehead atoms. The maximum Gasteiger partial charge on any atom is 0.412 e. The molecule has 0 aromatic carbocycles. The number of allylic oxidation sites excluding steroid dienone is 1. The third-order valence-electron chi connectivity index (χ3n) is 2.23. The minimum atomic E-state index is -1.05. The molecule has 1 fully saturated rings. The topological polar surface area (TPSA) is 77.8 Å². The minimum Gasteiger partial charge on any atom is -0.465 e. The van der Waals surface area contributed by atoms with Gasteiger partial charge < -0.3 is 10.2 Å². The van der Waals surface area contributed by atoms with Crippen molar-refractivity contribution < 1.29 is 19.8 Å². The van der Waals surface area contributed by atoms with E-state index in [1.54, 1.807) is 5.94 Å². The molecule has 1 heterocycles. The Morgan fingerprint density at radius 3 is 2.50 bits per heavy atom. The van der Waals surface area contributed by atoms with Crippen molar-refractivity contribution in [2.45, 2.75) is 39.0 Å². The second-order valence-corrected chi connectivity index (χ2v) is 3.52. The van der Waals surface area contributed by atoms with Crippen LogP contribution in [0, 0.1) is 0 Å². The van der Waals surface area contributed by atoms with Gasteiger partial charge in [0.2, 0.25) is 0 Å². The summed E-state index contributed by atoms with van der Waals surface area (Å²) in [6.07, 6.45) is 3.24. The number of aliphatic hydroxyl groups is 1. The molecule has 0 radical (unpaired) electrons. The number of carbonyl (C=O) groups excluding carboxylic acids is 1. The zero-order valence-electron chi connectivity index (χ0n) is 9.61. The molecular weight excluding hydrogens is 210 g/mol. The van der Waals surface area contributed by atoms with Crippen LogP contribution in [0.2, 0.25) is 0 Å². The summed E-state index contributed by atoms with van der Waals surface area (Å²) in [6.45, 7) is 2.83. The molecule has 5 heteroatoms. The predicted octanol–water partition coefficient (Wildman–Crippen LogP) is 1.64. The van der Waals surface area contributed by atoms with E-state index in [4.69, 9.17) is 10.2 Å². The van der Waals surface area contributed by atoms with Crippen LogP contribution in [0.15, 0.2) is 5.70 Å². The van der Waals surface area contributed by atoms with Gasteiger partial charge in [0.25, 0.3) is 0 Å². The fraction of sp³-hybridized carbons (Fsp3) is 0.727. The van der Waals surface area contributed by atoms with Crippen LogP contribution in [0.25, 0.3) is 0 Å². The van der Waals surface area contributed by atoms with Gasteiger partial charge in [0.05, 0.1) is 0 Å². The first-order valence-electron chi connectivity index (χ1n) is 5.52. The first-order chi connectivity index (χ1) is 7.67. The molecule has 1 saturated heterocycles. The van der Waals surface area contributed by atoms with E-state index in [1.807, 2.05) is 0 Å². The number of piperidine rings is 1. The SMILES string of the molecule is CCCCO.O=C=C1CCCCN1C(=O)O. The van der Waals surface area contributed by atoms with Crippen molar-refractivity contribution in [3.63, 3.8) is 0 Å². The van der Waals surface area contributed by atoms with Gasteiger partial charge >= 0.3 is 6.09 Å². The van der Waals surface area contributed by atoms with Crippen LogP contribution in [0.3, 0.4) is 0 Å². The van der Waals surface area contributed by atoms with Crippen molar-refractivity contribution in [2.75, 3.05) is 13.2 Å². The predicted molar refractivity (Wildman–Crippen MR) is 59.8 cm³/mol. The first kappa shape index (κ1) is 14.7. The molecule has 0 aliphatic carbocycles. The second kappa shape index (κ2) is 8.95. The van der Waals surface area contributed by atoms with Gasteiger partial charge in [0.15, 0.2) is 0 Å². The van der Waals surface area contributed by atoms with Gasteiger partial charge in [-0.2, -0.15) is 0 Å². The molecule has 5 nitrogen and oxygen atoms in total. The Balaban J connectivity index is 0.000000385. The standard InChI is InChI=1S/C7H9NO3.C4H10O/c9-5-6-3-1-2-4-8(6)7(10)11;1-2-3-4-5/h1-4H2,(H,10,11);5H,2-4H2,1H3. The van der Waals surface area contributed by atoms with Gasteiger partial charge in [-0.15, -0.1) is 0 Å². The lowest BCUT2D eigenvalue weighted by Gasteiger charge is -2.23. The lowest BCUT2D eigenvalue weighted by molar-refractivity contribution is 0.152. The molecule has 0 unspecified atom stereocenters. The fourth-order valence-corrected chi connectivity index (χ4v) is 1.31. The van der Waals surface area contributed by atoms with Gasteiger partial charge in [0.1, 0.15) is 11.6 Å². The van der Waals surface area contributed by atoms with Crippen molar-refractivity contribution in [3.8, 4) is 0 Å². The molecule has 0 spiro atoms. The molecule has 2 N–H and O–H groups in total. The largest absolute Gasteiger partial charge is 0.465 e. The molecule has 1 amide bonds. The Morgan fingerprint density at radius 1 is 1.50 bits per heavy atom. The maximum absolute atomic E-state index is 10.4. The highest BCUT2D eigenvalue weighted by molar-refractivity contribution is 5.71. The molecule has 16 heavy (non-hydrogen) atoms. The van der Waals surface area contributed by atoms with Crippen molar-refractivity contribution in [1.82, 2.24) is 4.90 Å². The van der Waals surface area contributed by atoms with Crippen LogP contribution < -0.4 is 0 Å². The lowest BCUT2D eigenvalue weighted by Crippen LogP contribution is -2.32. The monoisotopic (exact) mass is 229 g/mol. The molecule has 0 aromatic heterocycles. The van der Waals surface area contributed by atoms with E-state index in [0.717, 1.165) is 30.6 Å². The smallest absolute Gasteiger partial charge is 0.412 e. The van der Waals surface area contributed by atoms with E-state index in [1.165, 1.54) is 0 Å². The number of unbranched alkanes of at least 4 members (excludes halogenated alkanes) is 1. The molecule has 0 atom stereocenters. The van der Waals surface area contributed by atoms with Gasteiger partial charge in [-0.1, -0.05) is 13.3 Å². The van der Waals surface area contributed by atoms with Crippen LogP contribution in [-0.4, -0.2) is 40.3 Å². The number of hydrogen-bond acceptors (Lipinski definition) is 3. The highest BCUT2D eigenvalue weighted by Gasteiger charge is 2.20. The number of aliphatic hydroxyl groups excluding tert-OH is 1. The first-order valence-corrected chi connectivity index (χ1v) is 5.52. The molecule has 1 aliphatic heterocycles. The Kier molecular flexibility index (Phi) is 8.21. The van der Waals surface area contributed by atoms with Gasteiger partial charge in [0, 0.05) is 13.2 Å². The fourth-order valence-electron chi connectivity index (χ4n) is 1.31. The number of carbonyl (C=O) groups is 1. The number of nitrogens with zero attached hydrogens (tertiary/aromatic N) is 1. The van der Waals surface area contributed by atoms with E-state index >= 15 is 0 Å². The molecule has 1 rings (SSSR count). The van der Waals surface area contributed by atoms with E-state index in [2.05, 4.69) is 6.92 Å². The third-order valence-corrected chi connectivity index (χ3v) is 2.23. The third kappa shape index (κ3) is 5.53. The number of amides is 1. The van der Waals surface area contributed by atoms with Crippen molar-refractivity contribution in [2.24, 2.45) is 0 Å². The zero-order valence-corrected chi connectivity index (χ0v) is 9.61. The number of likely N-dealkylation sites (tertiary alicyclic amines) is 1. The quantitative estimate of drug-likeness (QED) is 0.706. The van der Waals surface area contributed by atoms with Gasteiger partial charge in [-0.25, -0.2) is 9.59 Å². The lowest BCUT2D eigenvalue weighted by atomic mass is 10.1. The number of rotatable bonds is 2. The molecule has 92 valence electrons. The summed E-state index contributed by atoms with van der Waals surface area (Å²) >= 11 is 0. The molecular formula is C11H19NO4. The Labute approximate surface area is 95.4 Å². The van der Waals surface area contributed by atoms with Crippen LogP contribution in [0.4, 0.5) is 4.79 Å². The average molecular weight is 229 g/mol. The van der Waals surface area contributed by atoms with Crippen LogP contribution in [-0.2, 0) is 4.79 Å². The van der Waals surface area contributed by atoms with E-state index < -0.39 is 6.09 Å². The number of carboxylic acid groups (broad SMARTS) is 1. The van der Waals surface area contributed by atoms with Crippen molar-refractivity contribution >= 4 is 12.0 Å². The minimum absolute atomic E-state index is 0.267. The number of hydrogen-bond donors (Lipinski definition) is 2. The molecule has 1 aliphatic rings. The summed E-state index contributed by atoms with van der Waals surface area (Å²) in [7, 11) is 0. The van der Waals surface area contributed by atoms with Crippen molar-refractivity contribution in [3.05, 3.63) is 5.70 Å². The summed E-state index contributed by atoms with van der Waals surface area (Å²) in [5, 5.41) is 16.6. The van der Waals surface area contributed by atoms with E-state index in [-0.39, 0.29) is 5.70 Å². The summed E-state index contributed by atoms with van der Waals surface area (Å²) in [5.41, 5.74) is 0.267. The second-order valence-electron chi connectivity index (χ2n) is 3.52.